The number of pyridine rings is 2. The number of ether oxygens (including phenoxy) is 1. The van der Waals surface area contributed by atoms with Crippen molar-refractivity contribution in [3.8, 4) is 17.0 Å². The van der Waals surface area contributed by atoms with Crippen LogP contribution in [0.3, 0.4) is 0 Å². The quantitative estimate of drug-likeness (QED) is 0.268. The fourth-order valence-corrected chi connectivity index (χ4v) is 4.97. The van der Waals surface area contributed by atoms with Gasteiger partial charge in [-0.25, -0.2) is 18.2 Å². The number of aliphatic hydroxyl groups is 2. The van der Waals surface area contributed by atoms with E-state index in [4.69, 9.17) is 4.74 Å². The number of carbonyl (C=O) groups excluding carboxylic acids is 1. The van der Waals surface area contributed by atoms with Crippen LogP contribution in [-0.4, -0.2) is 39.7 Å². The summed E-state index contributed by atoms with van der Waals surface area (Å²) in [4.78, 5) is 22.0. The summed E-state index contributed by atoms with van der Waals surface area (Å²) in [6, 6.07) is 9.19. The van der Waals surface area contributed by atoms with Crippen molar-refractivity contribution in [2.24, 2.45) is 5.92 Å². The van der Waals surface area contributed by atoms with Gasteiger partial charge >= 0.3 is 0 Å². The fourth-order valence-electron chi connectivity index (χ4n) is 4.97. The van der Waals surface area contributed by atoms with Crippen molar-refractivity contribution in [2.45, 2.75) is 44.8 Å². The standard InChI is InChI=1S/C31H30F3N3O4/c1-16-9-18-10-19(12-24(41-4)27(18)35-14-16)29(38)36-15-31(40,20-6-7-20)25-13-21(30(2,3)39)26(34)28(37-25)17-5-8-22(32)23(33)11-17/h5,8-14,20,39-40H,6-7,15H2,1-4H3,(H,36,38)/t31-/m1/s1. The number of carbonyl (C=O) groups is 1. The van der Waals surface area contributed by atoms with Gasteiger partial charge in [0.15, 0.2) is 17.5 Å². The van der Waals surface area contributed by atoms with Crippen LogP contribution in [-0.2, 0) is 11.2 Å². The first kappa shape index (κ1) is 28.5. The second-order valence-electron chi connectivity index (χ2n) is 11.0. The molecule has 214 valence electrons. The van der Waals surface area contributed by atoms with Crippen LogP contribution in [0.2, 0.25) is 0 Å². The molecule has 0 radical (unpaired) electrons. The van der Waals surface area contributed by atoms with Crippen LogP contribution in [0, 0.1) is 30.3 Å². The minimum absolute atomic E-state index is 0.00512. The van der Waals surface area contributed by atoms with E-state index in [9.17, 15) is 23.8 Å². The van der Waals surface area contributed by atoms with E-state index >= 15 is 4.39 Å². The first-order chi connectivity index (χ1) is 19.3. The summed E-state index contributed by atoms with van der Waals surface area (Å²) in [5, 5.41) is 26.1. The van der Waals surface area contributed by atoms with E-state index in [1.165, 1.54) is 33.1 Å². The Morgan fingerprint density at radius 2 is 1.80 bits per heavy atom. The van der Waals surface area contributed by atoms with Crippen LogP contribution < -0.4 is 10.1 Å². The normalized spacial score (nSPS) is 15.0. The van der Waals surface area contributed by atoms with Gasteiger partial charge in [0.2, 0.25) is 0 Å². The summed E-state index contributed by atoms with van der Waals surface area (Å²) in [5.74, 6) is -3.62. The van der Waals surface area contributed by atoms with Gasteiger partial charge in [0.1, 0.15) is 22.6 Å². The van der Waals surface area contributed by atoms with Gasteiger partial charge in [-0.15, -0.1) is 0 Å². The number of methoxy groups -OCH3 is 1. The zero-order valence-electron chi connectivity index (χ0n) is 23.1. The summed E-state index contributed by atoms with van der Waals surface area (Å²) in [6.07, 6.45) is 2.95. The number of fused-ring (bicyclic) bond motifs is 1. The first-order valence-corrected chi connectivity index (χ1v) is 13.2. The average Bonchev–Trinajstić information content (AvgIpc) is 3.78. The largest absolute Gasteiger partial charge is 0.494 e. The van der Waals surface area contributed by atoms with Gasteiger partial charge in [-0.2, -0.15) is 0 Å². The van der Waals surface area contributed by atoms with E-state index in [-0.39, 0.29) is 40.5 Å². The Bertz CT molecular complexity index is 1670. The maximum atomic E-state index is 15.6. The van der Waals surface area contributed by atoms with Crippen LogP contribution in [0.1, 0.15) is 53.9 Å². The minimum atomic E-state index is -1.74. The summed E-state index contributed by atoms with van der Waals surface area (Å²) in [5.41, 5.74) is -2.26. The topological polar surface area (TPSA) is 105 Å². The highest BCUT2D eigenvalue weighted by Gasteiger charge is 2.47. The second kappa shape index (κ2) is 10.4. The Morgan fingerprint density at radius 1 is 1.07 bits per heavy atom. The van der Waals surface area contributed by atoms with Gasteiger partial charge in [-0.3, -0.25) is 9.78 Å². The molecule has 7 nitrogen and oxygen atoms in total. The van der Waals surface area contributed by atoms with E-state index in [1.54, 1.807) is 18.3 Å². The molecule has 0 saturated heterocycles. The third-order valence-corrected chi connectivity index (χ3v) is 7.39. The predicted octanol–water partition coefficient (Wildman–Crippen LogP) is 5.29. The maximum Gasteiger partial charge on any atom is 0.251 e. The molecule has 0 spiro atoms. The Kier molecular flexibility index (Phi) is 7.25. The molecule has 2 aromatic carbocycles. The number of rotatable bonds is 8. The number of amides is 1. The third-order valence-electron chi connectivity index (χ3n) is 7.39. The SMILES string of the molecule is COc1cc(C(=O)NC[C@](O)(c2cc(C(C)(C)O)c(F)c(-c3ccc(F)c(F)c3)n2)C2CC2)cc2cc(C)cnc12. The van der Waals surface area contributed by atoms with Crippen molar-refractivity contribution >= 4 is 16.8 Å². The van der Waals surface area contributed by atoms with Crippen molar-refractivity contribution in [1.82, 2.24) is 15.3 Å². The molecular weight excluding hydrogens is 535 g/mol. The number of aryl methyl sites for hydroxylation is 1. The second-order valence-corrected chi connectivity index (χ2v) is 11.0. The summed E-state index contributed by atoms with van der Waals surface area (Å²) in [7, 11) is 1.48. The van der Waals surface area contributed by atoms with Crippen LogP contribution in [0.4, 0.5) is 13.2 Å². The average molecular weight is 566 g/mol. The molecule has 1 atom stereocenters. The van der Waals surface area contributed by atoms with E-state index in [0.29, 0.717) is 29.5 Å². The van der Waals surface area contributed by atoms with Gasteiger partial charge in [0.25, 0.3) is 5.91 Å². The summed E-state index contributed by atoms with van der Waals surface area (Å²) >= 11 is 0. The van der Waals surface area contributed by atoms with Gasteiger partial charge in [-0.05, 0) is 87.6 Å². The maximum absolute atomic E-state index is 15.6. The molecule has 5 rings (SSSR count). The number of hydrogen-bond acceptors (Lipinski definition) is 6. The number of aromatic nitrogens is 2. The lowest BCUT2D eigenvalue weighted by Crippen LogP contribution is -2.43. The van der Waals surface area contributed by atoms with Crippen molar-refractivity contribution in [2.75, 3.05) is 13.7 Å². The Hall–Kier alpha value is -4.02. The predicted molar refractivity (Wildman–Crippen MR) is 147 cm³/mol. The molecular formula is C31H30F3N3O4. The highest BCUT2D eigenvalue weighted by Crippen LogP contribution is 2.46. The van der Waals surface area contributed by atoms with Crippen molar-refractivity contribution < 1.29 is 32.9 Å². The smallest absolute Gasteiger partial charge is 0.251 e. The molecule has 1 fully saturated rings. The van der Waals surface area contributed by atoms with Crippen LogP contribution in [0.5, 0.6) is 5.75 Å². The lowest BCUT2D eigenvalue weighted by Gasteiger charge is -2.31. The first-order valence-electron chi connectivity index (χ1n) is 13.2. The van der Waals surface area contributed by atoms with Crippen LogP contribution in [0.15, 0.2) is 48.7 Å². The zero-order chi connectivity index (χ0) is 29.7. The molecule has 0 unspecified atom stereocenters. The number of benzene rings is 2. The van der Waals surface area contributed by atoms with Crippen molar-refractivity contribution in [3.63, 3.8) is 0 Å². The Balaban J connectivity index is 1.54. The monoisotopic (exact) mass is 565 g/mol. The molecule has 3 N–H and O–H groups in total. The highest BCUT2D eigenvalue weighted by molar-refractivity contribution is 6.00. The van der Waals surface area contributed by atoms with E-state index < -0.39 is 34.6 Å². The molecule has 0 aliphatic heterocycles. The van der Waals surface area contributed by atoms with Gasteiger partial charge in [0.05, 0.1) is 24.9 Å². The molecule has 10 heteroatoms. The summed E-state index contributed by atoms with van der Waals surface area (Å²) < 4.78 is 48.7. The van der Waals surface area contributed by atoms with E-state index in [1.807, 2.05) is 13.0 Å². The number of hydrogen-bond donors (Lipinski definition) is 3. The lowest BCUT2D eigenvalue weighted by molar-refractivity contribution is 0.00864. The van der Waals surface area contributed by atoms with Gasteiger partial charge < -0.3 is 20.3 Å². The van der Waals surface area contributed by atoms with Crippen molar-refractivity contribution in [1.29, 1.82) is 0 Å². The van der Waals surface area contributed by atoms with Gasteiger partial charge in [-0.1, -0.05) is 0 Å². The zero-order valence-corrected chi connectivity index (χ0v) is 23.1. The fraction of sp³-hybridized carbons (Fsp3) is 0.323. The molecule has 2 aromatic heterocycles. The molecule has 1 aliphatic carbocycles. The lowest BCUT2D eigenvalue weighted by atomic mass is 9.87. The third kappa shape index (κ3) is 5.49. The molecule has 41 heavy (non-hydrogen) atoms. The van der Waals surface area contributed by atoms with Gasteiger partial charge in [0, 0.05) is 28.3 Å². The highest BCUT2D eigenvalue weighted by atomic mass is 19.2. The van der Waals surface area contributed by atoms with E-state index in [0.717, 1.165) is 17.7 Å². The number of nitrogens with zero attached hydrogens (tertiary/aromatic N) is 2. The van der Waals surface area contributed by atoms with Crippen LogP contribution >= 0.6 is 0 Å². The molecule has 2 heterocycles. The van der Waals surface area contributed by atoms with E-state index in [2.05, 4.69) is 15.3 Å². The Morgan fingerprint density at radius 3 is 2.44 bits per heavy atom. The molecule has 0 bridgehead atoms. The number of halogens is 3. The number of nitrogens with one attached hydrogen (secondary N) is 1. The molecule has 4 aromatic rings. The molecule has 1 amide bonds. The molecule has 1 saturated carbocycles. The Labute approximate surface area is 235 Å². The summed E-state index contributed by atoms with van der Waals surface area (Å²) in [6.45, 7) is 4.34. The van der Waals surface area contributed by atoms with Crippen LogP contribution in [0.25, 0.3) is 22.2 Å². The minimum Gasteiger partial charge on any atom is -0.494 e. The van der Waals surface area contributed by atoms with Crippen molar-refractivity contribution in [3.05, 3.63) is 88.5 Å². The molecule has 1 aliphatic rings.